The van der Waals surface area contributed by atoms with Crippen molar-refractivity contribution in [2.75, 3.05) is 5.73 Å². The molecule has 1 aliphatic heterocycles. The smallest absolute Gasteiger partial charge is 0.256 e. The quantitative estimate of drug-likeness (QED) is 0.798. The molecule has 19 heavy (non-hydrogen) atoms. The minimum Gasteiger partial charge on any atom is -0.387 e. The van der Waals surface area contributed by atoms with Crippen LogP contribution in [0.3, 0.4) is 0 Å². The van der Waals surface area contributed by atoms with Crippen LogP contribution >= 0.6 is 11.3 Å². The van der Waals surface area contributed by atoms with E-state index in [4.69, 9.17) is 11.5 Å². The maximum absolute atomic E-state index is 11.7. The van der Waals surface area contributed by atoms with Crippen molar-refractivity contribution in [3.63, 3.8) is 0 Å². The second-order valence-corrected chi connectivity index (χ2v) is 4.53. The van der Waals surface area contributed by atoms with Crippen LogP contribution in [0.1, 0.15) is 11.2 Å². The van der Waals surface area contributed by atoms with E-state index in [9.17, 15) is 4.79 Å². The lowest BCUT2D eigenvalue weighted by Gasteiger charge is -2.08. The maximum atomic E-state index is 11.7. The third-order valence-electron chi connectivity index (χ3n) is 2.34. The number of thiazole rings is 1. The molecule has 2 aromatic heterocycles. The number of nitrogens with zero attached hydrogens (tertiary/aromatic N) is 6. The van der Waals surface area contributed by atoms with Crippen molar-refractivity contribution in [2.24, 2.45) is 21.0 Å². The van der Waals surface area contributed by atoms with E-state index in [2.05, 4.69) is 25.3 Å². The summed E-state index contributed by atoms with van der Waals surface area (Å²) in [6, 6.07) is 0. The van der Waals surface area contributed by atoms with Gasteiger partial charge in [0.25, 0.3) is 5.91 Å². The highest BCUT2D eigenvalue weighted by Crippen LogP contribution is 2.36. The third kappa shape index (κ3) is 1.97. The number of hydrogen-bond acceptors (Lipinski definition) is 9. The molecule has 3 rings (SSSR count). The van der Waals surface area contributed by atoms with Crippen LogP contribution in [-0.4, -0.2) is 26.5 Å². The SMILES string of the molecule is NC1=Nc2c(N=Nc3nccs3)c(N)nn2C(=O)C1. The number of nitrogen functional groups attached to an aromatic ring is 1. The molecule has 3 heterocycles. The van der Waals surface area contributed by atoms with Crippen molar-refractivity contribution in [2.45, 2.75) is 6.42 Å². The normalized spacial score (nSPS) is 14.7. The average molecular weight is 276 g/mol. The van der Waals surface area contributed by atoms with Gasteiger partial charge in [0.2, 0.25) is 5.13 Å². The first kappa shape index (κ1) is 11.5. The summed E-state index contributed by atoms with van der Waals surface area (Å²) in [5.74, 6) is 0.168. The first-order chi connectivity index (χ1) is 9.15. The van der Waals surface area contributed by atoms with E-state index in [-0.39, 0.29) is 35.5 Å². The molecule has 0 saturated heterocycles. The Morgan fingerprint density at radius 1 is 1.37 bits per heavy atom. The van der Waals surface area contributed by atoms with Crippen LogP contribution in [0.25, 0.3) is 0 Å². The van der Waals surface area contributed by atoms with Gasteiger partial charge in [-0.25, -0.2) is 9.98 Å². The van der Waals surface area contributed by atoms with Crippen LogP contribution in [0.4, 0.5) is 22.5 Å². The van der Waals surface area contributed by atoms with Crippen molar-refractivity contribution in [1.29, 1.82) is 0 Å². The summed E-state index contributed by atoms with van der Waals surface area (Å²) >= 11 is 1.32. The number of azo groups is 1. The molecule has 0 aliphatic carbocycles. The highest BCUT2D eigenvalue weighted by molar-refractivity contribution is 7.13. The topological polar surface area (TPSA) is 137 Å². The van der Waals surface area contributed by atoms with E-state index >= 15 is 0 Å². The number of anilines is 1. The first-order valence-electron chi connectivity index (χ1n) is 5.21. The number of aromatic nitrogens is 3. The Morgan fingerprint density at radius 3 is 2.95 bits per heavy atom. The zero-order valence-electron chi connectivity index (χ0n) is 9.52. The predicted octanol–water partition coefficient (Wildman–Crippen LogP) is 1.37. The molecular formula is C9H8N8OS. The number of aliphatic imine (C=N–C) groups is 1. The summed E-state index contributed by atoms with van der Waals surface area (Å²) in [6.07, 6.45) is 1.62. The number of rotatable bonds is 2. The van der Waals surface area contributed by atoms with Crippen LogP contribution in [0, 0.1) is 0 Å². The molecule has 10 heteroatoms. The molecule has 0 aromatic carbocycles. The molecule has 0 amide bonds. The lowest BCUT2D eigenvalue weighted by Crippen LogP contribution is -2.25. The van der Waals surface area contributed by atoms with Gasteiger partial charge in [-0.1, -0.05) is 0 Å². The largest absolute Gasteiger partial charge is 0.387 e. The second kappa shape index (κ2) is 4.24. The molecule has 0 radical (unpaired) electrons. The number of hydrogen-bond donors (Lipinski definition) is 2. The van der Waals surface area contributed by atoms with E-state index in [0.717, 1.165) is 4.68 Å². The van der Waals surface area contributed by atoms with Crippen LogP contribution in [0.15, 0.2) is 26.8 Å². The molecule has 0 unspecified atom stereocenters. The van der Waals surface area contributed by atoms with Gasteiger partial charge in [-0.05, 0) is 0 Å². The average Bonchev–Trinajstić information content (AvgIpc) is 2.95. The molecule has 0 spiro atoms. The van der Waals surface area contributed by atoms with Gasteiger partial charge in [-0.15, -0.1) is 26.7 Å². The fourth-order valence-electron chi connectivity index (χ4n) is 1.55. The summed E-state index contributed by atoms with van der Waals surface area (Å²) in [5, 5.41) is 14.0. The van der Waals surface area contributed by atoms with E-state index in [1.54, 1.807) is 11.6 Å². The summed E-state index contributed by atoms with van der Waals surface area (Å²) in [5.41, 5.74) is 11.5. The molecule has 96 valence electrons. The number of carbonyl (C=O) groups is 1. The molecule has 2 aromatic rings. The highest BCUT2D eigenvalue weighted by Gasteiger charge is 2.25. The van der Waals surface area contributed by atoms with Gasteiger partial charge in [0.1, 0.15) is 5.84 Å². The molecule has 1 aliphatic rings. The third-order valence-corrected chi connectivity index (χ3v) is 2.99. The van der Waals surface area contributed by atoms with Crippen molar-refractivity contribution in [1.82, 2.24) is 14.8 Å². The standard InChI is InChI=1S/C9H8N8OS/c10-4-3-5(18)17-8(13-4)6(7(11)16-17)14-15-9-12-1-2-19-9/h1-2H,3H2,(H2,10,13)(H2,11,16). The Balaban J connectivity index is 2.06. The number of nitrogens with two attached hydrogens (primary N) is 2. The summed E-state index contributed by atoms with van der Waals surface area (Å²) in [4.78, 5) is 19.7. The lowest BCUT2D eigenvalue weighted by molar-refractivity contribution is 0.0906. The Kier molecular flexibility index (Phi) is 2.56. The Morgan fingerprint density at radius 2 is 2.21 bits per heavy atom. The maximum Gasteiger partial charge on any atom is 0.256 e. The van der Waals surface area contributed by atoms with Gasteiger partial charge in [0.05, 0.1) is 6.42 Å². The Bertz CT molecular complexity index is 698. The molecule has 0 saturated carbocycles. The molecule has 9 nitrogen and oxygen atoms in total. The van der Waals surface area contributed by atoms with E-state index < -0.39 is 0 Å². The van der Waals surface area contributed by atoms with E-state index in [1.165, 1.54) is 11.3 Å². The number of carbonyl (C=O) groups excluding carboxylic acids is 1. The van der Waals surface area contributed by atoms with Gasteiger partial charge in [0.15, 0.2) is 17.3 Å². The fraction of sp³-hybridized carbons (Fsp3) is 0.111. The minimum absolute atomic E-state index is 0.0111. The van der Waals surface area contributed by atoms with Crippen molar-refractivity contribution < 1.29 is 4.79 Å². The van der Waals surface area contributed by atoms with E-state index in [0.29, 0.717) is 5.13 Å². The van der Waals surface area contributed by atoms with Gasteiger partial charge in [-0.2, -0.15) is 4.68 Å². The summed E-state index contributed by atoms with van der Waals surface area (Å²) in [6.45, 7) is 0. The molecule has 0 atom stereocenters. The molecule has 4 N–H and O–H groups in total. The Hall–Kier alpha value is -2.62. The highest BCUT2D eigenvalue weighted by atomic mass is 32.1. The number of fused-ring (bicyclic) bond motifs is 1. The van der Waals surface area contributed by atoms with Crippen molar-refractivity contribution >= 4 is 45.5 Å². The van der Waals surface area contributed by atoms with Crippen molar-refractivity contribution in [3.8, 4) is 0 Å². The lowest BCUT2D eigenvalue weighted by atomic mass is 10.3. The summed E-state index contributed by atoms with van der Waals surface area (Å²) in [7, 11) is 0. The van der Waals surface area contributed by atoms with Crippen LogP contribution in [-0.2, 0) is 0 Å². The van der Waals surface area contributed by atoms with Crippen LogP contribution in [0.5, 0.6) is 0 Å². The summed E-state index contributed by atoms with van der Waals surface area (Å²) < 4.78 is 1.09. The molecule has 0 bridgehead atoms. The van der Waals surface area contributed by atoms with Gasteiger partial charge < -0.3 is 11.5 Å². The number of amidine groups is 1. The van der Waals surface area contributed by atoms with Gasteiger partial charge >= 0.3 is 0 Å². The predicted molar refractivity (Wildman–Crippen MR) is 69.5 cm³/mol. The second-order valence-electron chi connectivity index (χ2n) is 3.66. The first-order valence-corrected chi connectivity index (χ1v) is 6.09. The molecule has 0 fully saturated rings. The van der Waals surface area contributed by atoms with Gasteiger partial charge in [-0.3, -0.25) is 4.79 Å². The Labute approximate surface area is 110 Å². The van der Waals surface area contributed by atoms with Crippen LogP contribution in [0.2, 0.25) is 0 Å². The van der Waals surface area contributed by atoms with Gasteiger partial charge in [0, 0.05) is 11.6 Å². The zero-order chi connectivity index (χ0) is 13.4. The van der Waals surface area contributed by atoms with Crippen LogP contribution < -0.4 is 11.5 Å². The fourth-order valence-corrected chi connectivity index (χ4v) is 2.00. The monoisotopic (exact) mass is 276 g/mol. The zero-order valence-corrected chi connectivity index (χ0v) is 10.3. The molecular weight excluding hydrogens is 268 g/mol. The minimum atomic E-state index is -0.301. The van der Waals surface area contributed by atoms with E-state index in [1.807, 2.05) is 0 Å². The van der Waals surface area contributed by atoms with Crippen molar-refractivity contribution in [3.05, 3.63) is 11.6 Å².